The van der Waals surface area contributed by atoms with Gasteiger partial charge in [0.1, 0.15) is 16.7 Å². The fourth-order valence-electron chi connectivity index (χ4n) is 6.20. The maximum Gasteiger partial charge on any atom is 0.228 e. The number of furan rings is 1. The van der Waals surface area contributed by atoms with Crippen LogP contribution < -0.4 is 4.90 Å². The number of hydrogen-bond donors (Lipinski definition) is 0. The second-order valence-electron chi connectivity index (χ2n) is 10.8. The van der Waals surface area contributed by atoms with E-state index in [1.165, 1.54) is 10.8 Å². The molecule has 0 atom stereocenters. The molecule has 0 aliphatic carbocycles. The summed E-state index contributed by atoms with van der Waals surface area (Å²) in [6, 6.07) is 50.4. The second kappa shape index (κ2) is 9.33. The van der Waals surface area contributed by atoms with Gasteiger partial charge in [0, 0.05) is 39.5 Å². The van der Waals surface area contributed by atoms with Gasteiger partial charge >= 0.3 is 0 Å². The number of benzene rings is 7. The molecule has 202 valence electrons. The van der Waals surface area contributed by atoms with E-state index in [2.05, 4.69) is 120 Å². The van der Waals surface area contributed by atoms with Crippen LogP contribution in [-0.4, -0.2) is 4.98 Å². The molecule has 0 aliphatic heterocycles. The van der Waals surface area contributed by atoms with E-state index in [-0.39, 0.29) is 0 Å². The molecule has 7 aromatic carbocycles. The first-order valence-electron chi connectivity index (χ1n) is 14.4. The number of nitrogens with zero attached hydrogens (tertiary/aromatic N) is 2. The highest BCUT2D eigenvalue weighted by molar-refractivity contribution is 6.12. The lowest BCUT2D eigenvalue weighted by molar-refractivity contribution is 0.620. The van der Waals surface area contributed by atoms with Crippen LogP contribution >= 0.6 is 0 Å². The Kier molecular flexibility index (Phi) is 5.16. The third-order valence-electron chi connectivity index (χ3n) is 8.23. The summed E-state index contributed by atoms with van der Waals surface area (Å²) < 4.78 is 12.8. The second-order valence-corrected chi connectivity index (χ2v) is 10.8. The standard InChI is InChI=1S/C39H24N2O2/c1-2-13-29(14-3-1)41(30-18-17-25-9-4-5-10-26(25)21-30)31-19-20-32-36(24-31)42-35-16-8-15-33(38(32)35)39-40-34-22-27-11-6-7-12-28(27)23-37(34)43-39/h1-24H. The van der Waals surface area contributed by atoms with Crippen LogP contribution in [-0.2, 0) is 0 Å². The number of fused-ring (bicyclic) bond motifs is 6. The zero-order valence-electron chi connectivity index (χ0n) is 23.1. The van der Waals surface area contributed by atoms with Crippen LogP contribution in [0, 0.1) is 0 Å². The molecule has 0 unspecified atom stereocenters. The van der Waals surface area contributed by atoms with E-state index in [1.807, 2.05) is 30.3 Å². The number of para-hydroxylation sites is 1. The van der Waals surface area contributed by atoms with E-state index in [0.717, 1.165) is 66.4 Å². The van der Waals surface area contributed by atoms with Gasteiger partial charge in [0.05, 0.1) is 0 Å². The predicted octanol–water partition coefficient (Wildman–Crippen LogP) is 11.2. The molecule has 0 N–H and O–H groups in total. The summed E-state index contributed by atoms with van der Waals surface area (Å²) in [5, 5.41) is 6.70. The van der Waals surface area contributed by atoms with Crippen molar-refractivity contribution in [2.75, 3.05) is 4.90 Å². The molecule has 2 heterocycles. The number of hydrogen-bond acceptors (Lipinski definition) is 4. The van der Waals surface area contributed by atoms with Gasteiger partial charge in [0.15, 0.2) is 5.58 Å². The molecule has 0 saturated heterocycles. The van der Waals surface area contributed by atoms with Gasteiger partial charge in [-0.1, -0.05) is 78.9 Å². The van der Waals surface area contributed by atoms with Crippen LogP contribution in [0.3, 0.4) is 0 Å². The minimum atomic E-state index is 0.588. The van der Waals surface area contributed by atoms with Gasteiger partial charge in [-0.3, -0.25) is 0 Å². The van der Waals surface area contributed by atoms with Gasteiger partial charge < -0.3 is 13.7 Å². The average molecular weight is 553 g/mol. The van der Waals surface area contributed by atoms with E-state index in [1.54, 1.807) is 0 Å². The normalized spacial score (nSPS) is 11.7. The van der Waals surface area contributed by atoms with E-state index < -0.39 is 0 Å². The first kappa shape index (κ1) is 23.8. The molecule has 4 nitrogen and oxygen atoms in total. The zero-order chi connectivity index (χ0) is 28.3. The molecule has 0 radical (unpaired) electrons. The van der Waals surface area contributed by atoms with Gasteiger partial charge in [-0.25, -0.2) is 4.98 Å². The molecule has 0 bridgehead atoms. The molecule has 0 saturated carbocycles. The highest BCUT2D eigenvalue weighted by Crippen LogP contribution is 2.42. The quantitative estimate of drug-likeness (QED) is 0.218. The van der Waals surface area contributed by atoms with Gasteiger partial charge in [0.2, 0.25) is 5.89 Å². The van der Waals surface area contributed by atoms with Gasteiger partial charge in [0.25, 0.3) is 0 Å². The van der Waals surface area contributed by atoms with Crippen LogP contribution in [0.5, 0.6) is 0 Å². The van der Waals surface area contributed by atoms with Crippen molar-refractivity contribution in [2.45, 2.75) is 0 Å². The van der Waals surface area contributed by atoms with Crippen molar-refractivity contribution in [1.82, 2.24) is 4.98 Å². The lowest BCUT2D eigenvalue weighted by Crippen LogP contribution is -2.09. The van der Waals surface area contributed by atoms with Gasteiger partial charge in [-0.2, -0.15) is 0 Å². The summed E-state index contributed by atoms with van der Waals surface area (Å²) >= 11 is 0. The SMILES string of the molecule is c1ccc(N(c2ccc3ccccc3c2)c2ccc3c(c2)oc2cccc(-c4nc5cc6ccccc6cc5o4)c23)cc1. The van der Waals surface area contributed by atoms with Crippen molar-refractivity contribution in [2.24, 2.45) is 0 Å². The molecule has 43 heavy (non-hydrogen) atoms. The maximum atomic E-state index is 6.49. The molecular formula is C39H24N2O2. The Morgan fingerprint density at radius 3 is 1.98 bits per heavy atom. The Balaban J connectivity index is 1.21. The fourth-order valence-corrected chi connectivity index (χ4v) is 6.20. The van der Waals surface area contributed by atoms with Crippen LogP contribution in [0.1, 0.15) is 0 Å². The Bertz CT molecular complexity index is 2420. The van der Waals surface area contributed by atoms with Crippen molar-refractivity contribution < 1.29 is 8.83 Å². The van der Waals surface area contributed by atoms with Crippen LogP contribution in [0.2, 0.25) is 0 Å². The van der Waals surface area contributed by atoms with Gasteiger partial charge in [-0.15, -0.1) is 0 Å². The summed E-state index contributed by atoms with van der Waals surface area (Å²) in [6.45, 7) is 0. The summed E-state index contributed by atoms with van der Waals surface area (Å²) in [7, 11) is 0. The molecule has 0 amide bonds. The molecule has 2 aromatic heterocycles. The zero-order valence-corrected chi connectivity index (χ0v) is 23.1. The van der Waals surface area contributed by atoms with Crippen LogP contribution in [0.15, 0.2) is 154 Å². The van der Waals surface area contributed by atoms with E-state index in [9.17, 15) is 0 Å². The van der Waals surface area contributed by atoms with Crippen molar-refractivity contribution in [1.29, 1.82) is 0 Å². The van der Waals surface area contributed by atoms with E-state index in [0.29, 0.717) is 5.89 Å². The summed E-state index contributed by atoms with van der Waals surface area (Å²) in [5.41, 5.74) is 7.32. The average Bonchev–Trinajstić information content (AvgIpc) is 3.65. The molecule has 0 aliphatic rings. The number of aromatic nitrogens is 1. The Hall–Kier alpha value is -5.87. The third kappa shape index (κ3) is 3.88. The highest BCUT2D eigenvalue weighted by atomic mass is 16.3. The maximum absolute atomic E-state index is 6.49. The molecule has 0 fully saturated rings. The Labute approximate surface area is 247 Å². The topological polar surface area (TPSA) is 42.4 Å². The monoisotopic (exact) mass is 552 g/mol. The third-order valence-corrected chi connectivity index (χ3v) is 8.23. The molecule has 9 aromatic rings. The summed E-state index contributed by atoms with van der Waals surface area (Å²) in [6.07, 6.45) is 0. The van der Waals surface area contributed by atoms with Crippen molar-refractivity contribution in [3.05, 3.63) is 146 Å². The lowest BCUT2D eigenvalue weighted by atomic mass is 10.0. The summed E-state index contributed by atoms with van der Waals surface area (Å²) in [4.78, 5) is 7.17. The van der Waals surface area contributed by atoms with Crippen LogP contribution in [0.4, 0.5) is 17.1 Å². The molecular weight excluding hydrogens is 528 g/mol. The minimum absolute atomic E-state index is 0.588. The first-order valence-corrected chi connectivity index (χ1v) is 14.4. The van der Waals surface area contributed by atoms with Gasteiger partial charge in [-0.05, 0) is 82.2 Å². The minimum Gasteiger partial charge on any atom is -0.456 e. The van der Waals surface area contributed by atoms with E-state index in [4.69, 9.17) is 13.8 Å². The predicted molar refractivity (Wildman–Crippen MR) is 176 cm³/mol. The Morgan fingerprint density at radius 1 is 0.442 bits per heavy atom. The largest absolute Gasteiger partial charge is 0.456 e. The van der Waals surface area contributed by atoms with Crippen molar-refractivity contribution >= 4 is 71.6 Å². The van der Waals surface area contributed by atoms with Crippen molar-refractivity contribution in [3.63, 3.8) is 0 Å². The number of oxazole rings is 1. The van der Waals surface area contributed by atoms with Crippen molar-refractivity contribution in [3.8, 4) is 11.5 Å². The smallest absolute Gasteiger partial charge is 0.228 e. The van der Waals surface area contributed by atoms with Crippen LogP contribution in [0.25, 0.3) is 66.0 Å². The highest BCUT2D eigenvalue weighted by Gasteiger charge is 2.19. The molecule has 9 rings (SSSR count). The van der Waals surface area contributed by atoms with E-state index >= 15 is 0 Å². The molecule has 0 spiro atoms. The fraction of sp³-hybridized carbons (Fsp3) is 0. The summed E-state index contributed by atoms with van der Waals surface area (Å²) in [5.74, 6) is 0.588. The number of rotatable bonds is 4. The lowest BCUT2D eigenvalue weighted by Gasteiger charge is -2.25. The molecule has 4 heteroatoms. The first-order chi connectivity index (χ1) is 21.3. The Morgan fingerprint density at radius 2 is 1.14 bits per heavy atom. The number of anilines is 3.